The predicted octanol–water partition coefficient (Wildman–Crippen LogP) is 2.28. The molecular formula is C15H18N4O. The van der Waals surface area contributed by atoms with Gasteiger partial charge in [-0.3, -0.25) is 0 Å². The Morgan fingerprint density at radius 2 is 1.90 bits per heavy atom. The summed E-state index contributed by atoms with van der Waals surface area (Å²) in [5.41, 5.74) is 0.658. The van der Waals surface area contributed by atoms with Crippen molar-refractivity contribution in [2.24, 2.45) is 4.99 Å². The molecule has 0 aliphatic carbocycles. The van der Waals surface area contributed by atoms with E-state index in [2.05, 4.69) is 15.4 Å². The largest absolute Gasteiger partial charge is 0.341 e. The molecule has 2 aromatic rings. The van der Waals surface area contributed by atoms with Gasteiger partial charge in [-0.2, -0.15) is 10.1 Å². The van der Waals surface area contributed by atoms with E-state index in [1.807, 2.05) is 51.1 Å². The number of carbonyl (C=O) groups is 1. The minimum atomic E-state index is -0.364. The van der Waals surface area contributed by atoms with E-state index in [4.69, 9.17) is 0 Å². The van der Waals surface area contributed by atoms with Gasteiger partial charge in [-0.1, -0.05) is 18.2 Å². The van der Waals surface area contributed by atoms with Crippen molar-refractivity contribution in [1.29, 1.82) is 0 Å². The highest BCUT2D eigenvalue weighted by atomic mass is 16.2. The van der Waals surface area contributed by atoms with E-state index >= 15 is 0 Å². The quantitative estimate of drug-likeness (QED) is 0.864. The van der Waals surface area contributed by atoms with Crippen LogP contribution in [0.4, 0.5) is 4.79 Å². The summed E-state index contributed by atoms with van der Waals surface area (Å²) in [4.78, 5) is 15.6. The van der Waals surface area contributed by atoms with Crippen LogP contribution in [0.3, 0.4) is 0 Å². The Hall–Kier alpha value is -2.43. The highest BCUT2D eigenvalue weighted by Crippen LogP contribution is 2.02. The van der Waals surface area contributed by atoms with Gasteiger partial charge in [0.15, 0.2) is 0 Å². The van der Waals surface area contributed by atoms with Crippen molar-refractivity contribution in [3.63, 3.8) is 0 Å². The lowest BCUT2D eigenvalue weighted by molar-refractivity contribution is 0.240. The van der Waals surface area contributed by atoms with Crippen molar-refractivity contribution in [3.05, 3.63) is 54.1 Å². The predicted molar refractivity (Wildman–Crippen MR) is 77.4 cm³/mol. The highest BCUT2D eigenvalue weighted by molar-refractivity contribution is 5.75. The maximum absolute atomic E-state index is 11.7. The molecule has 1 N–H and O–H groups in total. The topological polar surface area (TPSA) is 59.3 Å². The number of para-hydroxylation sites is 1. The van der Waals surface area contributed by atoms with Crippen LogP contribution in [0.1, 0.15) is 20.8 Å². The van der Waals surface area contributed by atoms with Gasteiger partial charge in [0, 0.05) is 11.7 Å². The zero-order valence-electron chi connectivity index (χ0n) is 11.9. The summed E-state index contributed by atoms with van der Waals surface area (Å²) < 4.78 is 1.72. The van der Waals surface area contributed by atoms with Crippen LogP contribution >= 0.6 is 0 Å². The summed E-state index contributed by atoms with van der Waals surface area (Å²) in [6.07, 6.45) is 3.34. The lowest BCUT2D eigenvalue weighted by Gasteiger charge is -2.18. The molecule has 0 saturated carbocycles. The normalized spacial score (nSPS) is 12.2. The minimum absolute atomic E-state index is 0.299. The summed E-state index contributed by atoms with van der Waals surface area (Å²) in [6, 6.07) is 11.1. The second-order valence-corrected chi connectivity index (χ2v) is 5.46. The van der Waals surface area contributed by atoms with E-state index in [0.717, 1.165) is 5.69 Å². The van der Waals surface area contributed by atoms with Gasteiger partial charge >= 0.3 is 6.03 Å². The lowest BCUT2D eigenvalue weighted by atomic mass is 10.1. The Balaban J connectivity index is 2.18. The van der Waals surface area contributed by atoms with Crippen LogP contribution < -0.4 is 10.7 Å². The molecule has 104 valence electrons. The van der Waals surface area contributed by atoms with E-state index in [1.54, 1.807) is 23.1 Å². The standard InChI is InChI=1S/C15H18N4O/c1-15(2,3)18-14(20)17-12-9-10-19(16-11-12)13-7-5-4-6-8-13/h4-11H,1-3H3,(H,18,20). The number of amides is 2. The summed E-state index contributed by atoms with van der Waals surface area (Å²) in [5, 5.41) is 7.54. The fourth-order valence-electron chi connectivity index (χ4n) is 1.62. The van der Waals surface area contributed by atoms with Gasteiger partial charge in [0.05, 0.1) is 17.2 Å². The maximum atomic E-state index is 11.7. The van der Waals surface area contributed by atoms with Crippen LogP contribution in [-0.2, 0) is 0 Å². The van der Waals surface area contributed by atoms with Crippen LogP contribution in [0.15, 0.2) is 53.8 Å². The van der Waals surface area contributed by atoms with E-state index < -0.39 is 0 Å². The van der Waals surface area contributed by atoms with Crippen LogP contribution in [0.2, 0.25) is 0 Å². The van der Waals surface area contributed by atoms with Crippen molar-refractivity contribution in [1.82, 2.24) is 15.1 Å². The third-order valence-electron chi connectivity index (χ3n) is 2.43. The van der Waals surface area contributed by atoms with Gasteiger partial charge < -0.3 is 5.32 Å². The minimum Gasteiger partial charge on any atom is -0.332 e. The van der Waals surface area contributed by atoms with Gasteiger partial charge in [0.2, 0.25) is 0 Å². The van der Waals surface area contributed by atoms with Crippen molar-refractivity contribution in [3.8, 4) is 5.69 Å². The number of hydrogen-bond donors (Lipinski definition) is 1. The fraction of sp³-hybridized carbons (Fsp3) is 0.267. The third kappa shape index (κ3) is 4.05. The zero-order valence-corrected chi connectivity index (χ0v) is 11.9. The van der Waals surface area contributed by atoms with Gasteiger partial charge in [-0.25, -0.2) is 9.48 Å². The van der Waals surface area contributed by atoms with E-state index in [1.165, 1.54) is 0 Å². The highest BCUT2D eigenvalue weighted by Gasteiger charge is 2.12. The number of nitrogens with one attached hydrogen (secondary N) is 1. The molecule has 0 radical (unpaired) electrons. The molecule has 5 heteroatoms. The van der Waals surface area contributed by atoms with E-state index in [-0.39, 0.29) is 11.6 Å². The molecule has 0 saturated heterocycles. The molecule has 1 heterocycles. The molecule has 0 fully saturated rings. The molecule has 0 bridgehead atoms. The summed E-state index contributed by atoms with van der Waals surface area (Å²) in [6.45, 7) is 5.73. The third-order valence-corrected chi connectivity index (χ3v) is 2.43. The van der Waals surface area contributed by atoms with Gasteiger partial charge in [0.25, 0.3) is 0 Å². The smallest absolute Gasteiger partial charge is 0.332 e. The SMILES string of the molecule is CC(C)(C)NC(=O)N=c1ccn(-c2ccccc2)nc1. The number of aromatic nitrogens is 2. The number of hydrogen-bond acceptors (Lipinski definition) is 2. The summed E-state index contributed by atoms with van der Waals surface area (Å²) >= 11 is 0. The average molecular weight is 270 g/mol. The number of rotatable bonds is 1. The first kappa shape index (κ1) is 14.0. The van der Waals surface area contributed by atoms with Crippen molar-refractivity contribution in [2.75, 3.05) is 0 Å². The maximum Gasteiger partial charge on any atom is 0.341 e. The monoisotopic (exact) mass is 270 g/mol. The van der Waals surface area contributed by atoms with E-state index in [9.17, 15) is 4.79 Å². The Labute approximate surface area is 118 Å². The van der Waals surface area contributed by atoms with E-state index in [0.29, 0.717) is 5.36 Å². The summed E-state index contributed by atoms with van der Waals surface area (Å²) in [7, 11) is 0. The average Bonchev–Trinajstić information content (AvgIpc) is 2.38. The van der Waals surface area contributed by atoms with Crippen LogP contribution in [0, 0.1) is 0 Å². The molecule has 0 unspecified atom stereocenters. The molecular weight excluding hydrogens is 252 g/mol. The van der Waals surface area contributed by atoms with Crippen LogP contribution in [-0.4, -0.2) is 21.4 Å². The number of urea groups is 1. The molecule has 1 aromatic carbocycles. The fourth-order valence-corrected chi connectivity index (χ4v) is 1.62. The van der Waals surface area contributed by atoms with Gasteiger partial charge in [0.1, 0.15) is 0 Å². The second kappa shape index (κ2) is 5.69. The number of nitrogens with zero attached hydrogens (tertiary/aromatic N) is 3. The zero-order chi connectivity index (χ0) is 14.6. The Morgan fingerprint density at radius 1 is 1.20 bits per heavy atom. The number of carbonyl (C=O) groups excluding carboxylic acids is 1. The first-order valence-electron chi connectivity index (χ1n) is 6.41. The van der Waals surface area contributed by atoms with Gasteiger partial charge in [-0.15, -0.1) is 0 Å². The Kier molecular flexibility index (Phi) is 3.98. The number of benzene rings is 1. The Morgan fingerprint density at radius 3 is 2.45 bits per heavy atom. The molecule has 20 heavy (non-hydrogen) atoms. The molecule has 1 aromatic heterocycles. The molecule has 2 rings (SSSR count). The second-order valence-electron chi connectivity index (χ2n) is 5.46. The molecule has 0 aliphatic heterocycles. The van der Waals surface area contributed by atoms with Crippen molar-refractivity contribution < 1.29 is 4.79 Å². The Bertz CT molecular complexity index is 633. The first-order chi connectivity index (χ1) is 9.44. The van der Waals surface area contributed by atoms with Crippen LogP contribution in [0.5, 0.6) is 0 Å². The molecule has 0 atom stereocenters. The first-order valence-corrected chi connectivity index (χ1v) is 6.41. The van der Waals surface area contributed by atoms with Crippen molar-refractivity contribution in [2.45, 2.75) is 26.3 Å². The lowest BCUT2D eigenvalue weighted by Crippen LogP contribution is -2.39. The molecule has 0 aliphatic rings. The molecule has 5 nitrogen and oxygen atoms in total. The molecule has 2 amide bonds. The van der Waals surface area contributed by atoms with Crippen molar-refractivity contribution >= 4 is 6.03 Å². The molecule has 0 spiro atoms. The van der Waals surface area contributed by atoms with Gasteiger partial charge in [-0.05, 0) is 39.0 Å². The summed E-state index contributed by atoms with van der Waals surface area (Å²) in [5.74, 6) is 0. The van der Waals surface area contributed by atoms with Crippen LogP contribution in [0.25, 0.3) is 5.69 Å².